The lowest BCUT2D eigenvalue weighted by Gasteiger charge is -2.24. The van der Waals surface area contributed by atoms with E-state index in [1.165, 1.54) is 11.8 Å². The highest BCUT2D eigenvalue weighted by atomic mass is 35.5. The minimum atomic E-state index is -0.485. The highest BCUT2D eigenvalue weighted by Crippen LogP contribution is 2.38. The third-order valence-electron chi connectivity index (χ3n) is 4.33. The molecule has 0 spiro atoms. The summed E-state index contributed by atoms with van der Waals surface area (Å²) in [5.41, 5.74) is 2.46. The molecule has 0 saturated heterocycles. The smallest absolute Gasteiger partial charge is 0.238 e. The van der Waals surface area contributed by atoms with Crippen LogP contribution >= 0.6 is 23.4 Å². The predicted molar refractivity (Wildman–Crippen MR) is 107 cm³/mol. The SMILES string of the molecule is C[C@@H](NC(=O)C[C@@H]1Sc2ccc(Cl)cc2NC1=O)c1nc2ccccc2[nH]1. The van der Waals surface area contributed by atoms with Gasteiger partial charge in [-0.2, -0.15) is 0 Å². The fourth-order valence-electron chi connectivity index (χ4n) is 2.97. The fourth-order valence-corrected chi connectivity index (χ4v) is 4.23. The van der Waals surface area contributed by atoms with E-state index < -0.39 is 5.25 Å². The number of nitrogens with zero attached hydrogens (tertiary/aromatic N) is 1. The Balaban J connectivity index is 1.41. The quantitative estimate of drug-likeness (QED) is 0.620. The number of hydrogen-bond acceptors (Lipinski definition) is 4. The van der Waals surface area contributed by atoms with Crippen molar-refractivity contribution in [2.24, 2.45) is 0 Å². The molecule has 2 heterocycles. The van der Waals surface area contributed by atoms with E-state index in [0.717, 1.165) is 15.9 Å². The van der Waals surface area contributed by atoms with Gasteiger partial charge in [0.15, 0.2) is 0 Å². The minimum Gasteiger partial charge on any atom is -0.346 e. The molecule has 2 amide bonds. The van der Waals surface area contributed by atoms with Crippen molar-refractivity contribution in [2.45, 2.75) is 29.5 Å². The monoisotopic (exact) mass is 400 g/mol. The zero-order chi connectivity index (χ0) is 19.0. The third-order valence-corrected chi connectivity index (χ3v) is 5.84. The number of aromatic nitrogens is 2. The number of hydrogen-bond donors (Lipinski definition) is 3. The summed E-state index contributed by atoms with van der Waals surface area (Å²) in [6.07, 6.45) is 0.0864. The topological polar surface area (TPSA) is 86.9 Å². The number of carbonyl (C=O) groups is 2. The molecule has 2 aromatic carbocycles. The van der Waals surface area contributed by atoms with Gasteiger partial charge in [-0.15, -0.1) is 11.8 Å². The van der Waals surface area contributed by atoms with Gasteiger partial charge in [-0.25, -0.2) is 4.98 Å². The number of aromatic amines is 1. The standard InChI is InChI=1S/C19H17ClN4O2S/c1-10(18-22-12-4-2-3-5-13(12)23-18)21-17(25)9-16-19(26)24-14-8-11(20)6-7-15(14)27-16/h2-8,10,16H,9H2,1H3,(H,21,25)(H,22,23)(H,24,26)/t10-,16+/m1/s1. The summed E-state index contributed by atoms with van der Waals surface area (Å²) in [6.45, 7) is 1.86. The lowest BCUT2D eigenvalue weighted by atomic mass is 10.2. The molecule has 3 aromatic rings. The van der Waals surface area contributed by atoms with E-state index in [4.69, 9.17) is 11.6 Å². The molecule has 0 radical (unpaired) electrons. The molecule has 1 aromatic heterocycles. The number of para-hydroxylation sites is 2. The number of nitrogens with one attached hydrogen (secondary N) is 3. The maximum absolute atomic E-state index is 12.5. The summed E-state index contributed by atoms with van der Waals surface area (Å²) in [5.74, 6) is 0.291. The van der Waals surface area contributed by atoms with Gasteiger partial charge in [0.05, 0.1) is 28.0 Å². The van der Waals surface area contributed by atoms with E-state index in [0.29, 0.717) is 16.5 Å². The Morgan fingerprint density at radius 1 is 1.33 bits per heavy atom. The lowest BCUT2D eigenvalue weighted by Crippen LogP contribution is -2.36. The summed E-state index contributed by atoms with van der Waals surface area (Å²) in [4.78, 5) is 33.4. The first-order chi connectivity index (χ1) is 13.0. The normalized spacial score (nSPS) is 17.3. The Bertz CT molecular complexity index is 1000. The largest absolute Gasteiger partial charge is 0.346 e. The Hall–Kier alpha value is -2.51. The van der Waals surface area contributed by atoms with Crippen molar-refractivity contribution in [2.75, 3.05) is 5.32 Å². The van der Waals surface area contributed by atoms with Crippen LogP contribution in [0.2, 0.25) is 5.02 Å². The number of halogens is 1. The van der Waals surface area contributed by atoms with Crippen LogP contribution in [0, 0.1) is 0 Å². The molecular formula is C19H17ClN4O2S. The zero-order valence-corrected chi connectivity index (χ0v) is 16.0. The molecule has 0 bridgehead atoms. The van der Waals surface area contributed by atoms with Gasteiger partial charge in [0.25, 0.3) is 0 Å². The zero-order valence-electron chi connectivity index (χ0n) is 14.5. The molecule has 1 aliphatic rings. The maximum Gasteiger partial charge on any atom is 0.238 e. The van der Waals surface area contributed by atoms with Crippen molar-refractivity contribution in [1.29, 1.82) is 0 Å². The van der Waals surface area contributed by atoms with Gasteiger partial charge in [-0.05, 0) is 37.3 Å². The van der Waals surface area contributed by atoms with Crippen molar-refractivity contribution in [1.82, 2.24) is 15.3 Å². The van der Waals surface area contributed by atoms with Crippen LogP contribution in [0.4, 0.5) is 5.69 Å². The van der Waals surface area contributed by atoms with Crippen LogP contribution < -0.4 is 10.6 Å². The first kappa shape index (κ1) is 17.9. The average Bonchev–Trinajstić information content (AvgIpc) is 3.07. The van der Waals surface area contributed by atoms with Crippen LogP contribution in [0.3, 0.4) is 0 Å². The maximum atomic E-state index is 12.5. The van der Waals surface area contributed by atoms with Gasteiger partial charge < -0.3 is 15.6 Å². The van der Waals surface area contributed by atoms with Crippen molar-refractivity contribution in [3.8, 4) is 0 Å². The fraction of sp³-hybridized carbons (Fsp3) is 0.211. The predicted octanol–water partition coefficient (Wildman–Crippen LogP) is 3.90. The molecule has 0 saturated carbocycles. The Morgan fingerprint density at radius 2 is 2.15 bits per heavy atom. The van der Waals surface area contributed by atoms with Gasteiger partial charge in [-0.1, -0.05) is 23.7 Å². The molecule has 0 aliphatic carbocycles. The molecular weight excluding hydrogens is 384 g/mol. The van der Waals surface area contributed by atoms with Crippen molar-refractivity contribution in [3.63, 3.8) is 0 Å². The number of H-pyrrole nitrogens is 1. The minimum absolute atomic E-state index is 0.0864. The molecule has 4 rings (SSSR count). The number of rotatable bonds is 4. The summed E-state index contributed by atoms with van der Waals surface area (Å²) in [7, 11) is 0. The second-order valence-electron chi connectivity index (χ2n) is 6.37. The molecule has 1 aliphatic heterocycles. The van der Waals surface area contributed by atoms with Gasteiger partial charge in [-0.3, -0.25) is 9.59 Å². The lowest BCUT2D eigenvalue weighted by molar-refractivity contribution is -0.124. The third kappa shape index (κ3) is 3.79. The first-order valence-electron chi connectivity index (χ1n) is 8.50. The van der Waals surface area contributed by atoms with Gasteiger partial charge >= 0.3 is 0 Å². The number of amides is 2. The average molecular weight is 401 g/mol. The highest BCUT2D eigenvalue weighted by Gasteiger charge is 2.29. The number of benzene rings is 2. The van der Waals surface area contributed by atoms with Gasteiger partial charge in [0, 0.05) is 16.3 Å². The summed E-state index contributed by atoms with van der Waals surface area (Å²) in [6, 6.07) is 12.7. The molecule has 6 nitrogen and oxygen atoms in total. The van der Waals surface area contributed by atoms with E-state index >= 15 is 0 Å². The van der Waals surface area contributed by atoms with Crippen LogP contribution in [0.1, 0.15) is 25.2 Å². The summed E-state index contributed by atoms with van der Waals surface area (Å²) in [5, 5.41) is 5.80. The van der Waals surface area contributed by atoms with Crippen molar-refractivity contribution in [3.05, 3.63) is 53.3 Å². The highest BCUT2D eigenvalue weighted by molar-refractivity contribution is 8.01. The molecule has 0 fully saturated rings. The van der Waals surface area contributed by atoms with E-state index in [2.05, 4.69) is 20.6 Å². The molecule has 0 unspecified atom stereocenters. The van der Waals surface area contributed by atoms with Crippen LogP contribution in [0.15, 0.2) is 47.4 Å². The number of fused-ring (bicyclic) bond motifs is 2. The number of thioether (sulfide) groups is 1. The number of anilines is 1. The Kier molecular flexibility index (Phi) is 4.80. The Morgan fingerprint density at radius 3 is 2.96 bits per heavy atom. The molecule has 138 valence electrons. The van der Waals surface area contributed by atoms with Gasteiger partial charge in [0.1, 0.15) is 5.82 Å². The molecule has 27 heavy (non-hydrogen) atoms. The van der Waals surface area contributed by atoms with Gasteiger partial charge in [0.2, 0.25) is 11.8 Å². The second kappa shape index (κ2) is 7.25. The van der Waals surface area contributed by atoms with Crippen LogP contribution in [0.25, 0.3) is 11.0 Å². The van der Waals surface area contributed by atoms with E-state index in [1.54, 1.807) is 12.1 Å². The van der Waals surface area contributed by atoms with Crippen molar-refractivity contribution < 1.29 is 9.59 Å². The second-order valence-corrected chi connectivity index (χ2v) is 8.05. The van der Waals surface area contributed by atoms with E-state index in [9.17, 15) is 9.59 Å². The molecule has 2 atom stereocenters. The number of carbonyl (C=O) groups excluding carboxylic acids is 2. The van der Waals surface area contributed by atoms with E-state index in [-0.39, 0.29) is 24.3 Å². The first-order valence-corrected chi connectivity index (χ1v) is 9.76. The summed E-state index contributed by atoms with van der Waals surface area (Å²) >= 11 is 7.33. The Labute approximate surface area is 165 Å². The number of imidazole rings is 1. The van der Waals surface area contributed by atoms with E-state index in [1.807, 2.05) is 37.3 Å². The van der Waals surface area contributed by atoms with Crippen LogP contribution in [-0.2, 0) is 9.59 Å². The van der Waals surface area contributed by atoms with Crippen LogP contribution in [-0.4, -0.2) is 27.0 Å². The van der Waals surface area contributed by atoms with Crippen LogP contribution in [0.5, 0.6) is 0 Å². The molecule has 3 N–H and O–H groups in total. The van der Waals surface area contributed by atoms with Crippen molar-refractivity contribution >= 4 is 51.9 Å². The summed E-state index contributed by atoms with van der Waals surface area (Å²) < 4.78 is 0. The molecule has 8 heteroatoms.